The number of amides is 3. The smallest absolute Gasteiger partial charge is 0.321 e. The summed E-state index contributed by atoms with van der Waals surface area (Å²) in [6.07, 6.45) is 5.55. The fraction of sp³-hybridized carbons (Fsp3) is 0.652. The molecule has 1 aromatic carbocycles. The minimum atomic E-state index is -0.339. The van der Waals surface area contributed by atoms with Crippen LogP contribution in [0, 0.1) is 11.8 Å². The third-order valence-corrected chi connectivity index (χ3v) is 6.86. The zero-order valence-electron chi connectivity index (χ0n) is 17.6. The number of piperidine rings is 1. The molecular weight excluding hydrogens is 366 g/mol. The van der Waals surface area contributed by atoms with Gasteiger partial charge < -0.3 is 20.3 Å². The Morgan fingerprint density at radius 3 is 2.59 bits per heavy atom. The van der Waals surface area contributed by atoms with Crippen LogP contribution in [0.25, 0.3) is 0 Å². The van der Waals surface area contributed by atoms with Crippen molar-refractivity contribution in [2.75, 3.05) is 25.0 Å². The van der Waals surface area contributed by atoms with Crippen molar-refractivity contribution in [3.63, 3.8) is 0 Å². The van der Waals surface area contributed by atoms with Crippen molar-refractivity contribution in [2.45, 2.75) is 64.1 Å². The number of likely N-dealkylation sites (tertiary alicyclic amines) is 1. The van der Waals surface area contributed by atoms with Crippen LogP contribution in [0.15, 0.2) is 24.3 Å². The maximum atomic E-state index is 12.7. The highest BCUT2D eigenvalue weighted by atomic mass is 16.5. The molecule has 3 fully saturated rings. The molecule has 0 aromatic heterocycles. The predicted octanol–water partition coefficient (Wildman–Crippen LogP) is 3.57. The normalized spacial score (nSPS) is 29.1. The molecule has 1 spiro atoms. The summed E-state index contributed by atoms with van der Waals surface area (Å²) < 4.78 is 6.32. The minimum absolute atomic E-state index is 0.0386. The van der Waals surface area contributed by atoms with E-state index in [-0.39, 0.29) is 29.6 Å². The van der Waals surface area contributed by atoms with Gasteiger partial charge in [-0.25, -0.2) is 4.79 Å². The maximum absolute atomic E-state index is 12.7. The van der Waals surface area contributed by atoms with E-state index in [4.69, 9.17) is 4.74 Å². The molecule has 0 radical (unpaired) electrons. The SMILES string of the molecule is CCc1ccc(NC(=O)N2CC[C@]3(CC[C@@H](C(=O)NCC4CC4)O3)[C@@H](C)C2)cc1. The third kappa shape index (κ3) is 4.58. The first kappa shape index (κ1) is 20.2. The summed E-state index contributed by atoms with van der Waals surface area (Å²) in [5, 5.41) is 6.05. The summed E-state index contributed by atoms with van der Waals surface area (Å²) in [6, 6.07) is 7.94. The lowest BCUT2D eigenvalue weighted by Gasteiger charge is -2.44. The van der Waals surface area contributed by atoms with Gasteiger partial charge in [0.1, 0.15) is 6.10 Å². The summed E-state index contributed by atoms with van der Waals surface area (Å²) in [6.45, 7) is 6.34. The molecule has 1 aromatic rings. The van der Waals surface area contributed by atoms with E-state index < -0.39 is 0 Å². The molecule has 2 N–H and O–H groups in total. The van der Waals surface area contributed by atoms with Gasteiger partial charge in [-0.15, -0.1) is 0 Å². The van der Waals surface area contributed by atoms with E-state index in [9.17, 15) is 9.59 Å². The fourth-order valence-electron chi connectivity index (χ4n) is 4.56. The van der Waals surface area contributed by atoms with E-state index >= 15 is 0 Å². The van der Waals surface area contributed by atoms with Crippen LogP contribution in [-0.4, -0.2) is 48.2 Å². The van der Waals surface area contributed by atoms with Crippen LogP contribution in [0.5, 0.6) is 0 Å². The first-order chi connectivity index (χ1) is 14.0. The number of urea groups is 1. The lowest BCUT2D eigenvalue weighted by molar-refractivity contribution is -0.146. The van der Waals surface area contributed by atoms with E-state index in [1.807, 2.05) is 29.2 Å². The molecule has 2 saturated heterocycles. The second-order valence-corrected chi connectivity index (χ2v) is 8.98. The molecule has 2 aliphatic heterocycles. The largest absolute Gasteiger partial charge is 0.362 e. The Morgan fingerprint density at radius 1 is 1.17 bits per heavy atom. The molecular formula is C23H33N3O3. The van der Waals surface area contributed by atoms with Gasteiger partial charge in [0.25, 0.3) is 0 Å². The van der Waals surface area contributed by atoms with E-state index in [1.54, 1.807) is 0 Å². The summed E-state index contributed by atoms with van der Waals surface area (Å²) in [5.74, 6) is 0.913. The zero-order valence-corrected chi connectivity index (χ0v) is 17.6. The van der Waals surface area contributed by atoms with E-state index in [1.165, 1.54) is 18.4 Å². The lowest BCUT2D eigenvalue weighted by atomic mass is 9.80. The highest BCUT2D eigenvalue weighted by Crippen LogP contribution is 2.42. The van der Waals surface area contributed by atoms with Gasteiger partial charge in [-0.05, 0) is 62.1 Å². The van der Waals surface area contributed by atoms with Crippen LogP contribution in [-0.2, 0) is 16.0 Å². The molecule has 29 heavy (non-hydrogen) atoms. The number of ether oxygens (including phenoxy) is 1. The number of aryl methyl sites for hydroxylation is 1. The molecule has 4 rings (SSSR count). The Labute approximate surface area is 173 Å². The van der Waals surface area contributed by atoms with Crippen molar-refractivity contribution < 1.29 is 14.3 Å². The molecule has 6 nitrogen and oxygen atoms in total. The van der Waals surface area contributed by atoms with Gasteiger partial charge in [0, 0.05) is 31.2 Å². The highest BCUT2D eigenvalue weighted by molar-refractivity contribution is 5.89. The van der Waals surface area contributed by atoms with Crippen molar-refractivity contribution in [3.8, 4) is 0 Å². The van der Waals surface area contributed by atoms with E-state index in [0.717, 1.165) is 37.9 Å². The molecule has 3 amide bonds. The number of hydrogen-bond acceptors (Lipinski definition) is 3. The topological polar surface area (TPSA) is 70.7 Å². The molecule has 3 aliphatic rings. The van der Waals surface area contributed by atoms with Crippen LogP contribution in [0.4, 0.5) is 10.5 Å². The molecule has 0 unspecified atom stereocenters. The standard InChI is InChI=1S/C23H33N3O3/c1-3-17-6-8-19(9-7-17)25-22(28)26-13-12-23(16(2)15-26)11-10-20(29-23)21(27)24-14-18-4-5-18/h6-9,16,18,20H,3-5,10-15H2,1-2H3,(H,24,27)(H,25,28)/t16-,20-,23+/m0/s1. The number of nitrogens with one attached hydrogen (secondary N) is 2. The highest BCUT2D eigenvalue weighted by Gasteiger charge is 2.49. The van der Waals surface area contributed by atoms with Crippen molar-refractivity contribution in [2.24, 2.45) is 11.8 Å². The second-order valence-electron chi connectivity index (χ2n) is 8.98. The molecule has 0 bridgehead atoms. The van der Waals surface area contributed by atoms with Crippen LogP contribution in [0.3, 0.4) is 0 Å². The number of hydrogen-bond donors (Lipinski definition) is 2. The van der Waals surface area contributed by atoms with Crippen molar-refractivity contribution in [3.05, 3.63) is 29.8 Å². The predicted molar refractivity (Wildman–Crippen MR) is 113 cm³/mol. The summed E-state index contributed by atoms with van der Waals surface area (Å²) >= 11 is 0. The number of nitrogens with zero attached hydrogens (tertiary/aromatic N) is 1. The minimum Gasteiger partial charge on any atom is -0.362 e. The number of benzene rings is 1. The molecule has 1 saturated carbocycles. The number of carbonyl (C=O) groups is 2. The summed E-state index contributed by atoms with van der Waals surface area (Å²) in [7, 11) is 0. The van der Waals surface area contributed by atoms with Crippen molar-refractivity contribution in [1.82, 2.24) is 10.2 Å². The third-order valence-electron chi connectivity index (χ3n) is 6.86. The number of anilines is 1. The lowest BCUT2D eigenvalue weighted by Crippen LogP contribution is -2.54. The number of rotatable bonds is 5. The van der Waals surface area contributed by atoms with Crippen LogP contribution >= 0.6 is 0 Å². The molecule has 1 aliphatic carbocycles. The Balaban J connectivity index is 1.29. The Kier molecular flexibility index (Phi) is 5.81. The van der Waals surface area contributed by atoms with Crippen molar-refractivity contribution >= 4 is 17.6 Å². The Hall–Kier alpha value is -2.08. The average Bonchev–Trinajstić information content (AvgIpc) is 3.47. The second kappa shape index (κ2) is 8.34. The quantitative estimate of drug-likeness (QED) is 0.795. The molecule has 158 valence electrons. The van der Waals surface area contributed by atoms with Crippen LogP contribution in [0.1, 0.15) is 51.5 Å². The maximum Gasteiger partial charge on any atom is 0.321 e. The first-order valence-electron chi connectivity index (χ1n) is 11.1. The van der Waals surface area contributed by atoms with E-state index in [0.29, 0.717) is 19.0 Å². The molecule has 6 heteroatoms. The van der Waals surface area contributed by atoms with Gasteiger partial charge >= 0.3 is 6.03 Å². The van der Waals surface area contributed by atoms with Gasteiger partial charge in [-0.3, -0.25) is 4.79 Å². The number of carbonyl (C=O) groups excluding carboxylic acids is 2. The van der Waals surface area contributed by atoms with Gasteiger partial charge in [0.15, 0.2) is 0 Å². The Morgan fingerprint density at radius 2 is 1.93 bits per heavy atom. The summed E-state index contributed by atoms with van der Waals surface area (Å²) in [5.41, 5.74) is 1.80. The molecule has 3 atom stereocenters. The van der Waals surface area contributed by atoms with Gasteiger partial charge in [-0.2, -0.15) is 0 Å². The van der Waals surface area contributed by atoms with Gasteiger partial charge in [0.2, 0.25) is 5.91 Å². The fourth-order valence-corrected chi connectivity index (χ4v) is 4.56. The summed E-state index contributed by atoms with van der Waals surface area (Å²) in [4.78, 5) is 27.0. The van der Waals surface area contributed by atoms with Crippen LogP contribution in [0.2, 0.25) is 0 Å². The average molecular weight is 400 g/mol. The first-order valence-corrected chi connectivity index (χ1v) is 11.1. The Bertz CT molecular complexity index is 746. The zero-order chi connectivity index (χ0) is 20.4. The monoisotopic (exact) mass is 399 g/mol. The van der Waals surface area contributed by atoms with E-state index in [2.05, 4.69) is 24.5 Å². The van der Waals surface area contributed by atoms with Crippen LogP contribution < -0.4 is 10.6 Å². The molecule has 2 heterocycles. The van der Waals surface area contributed by atoms with Gasteiger partial charge in [-0.1, -0.05) is 26.0 Å². The van der Waals surface area contributed by atoms with Crippen molar-refractivity contribution in [1.29, 1.82) is 0 Å². The van der Waals surface area contributed by atoms with Gasteiger partial charge in [0.05, 0.1) is 5.60 Å².